The molecule has 2 heteroatoms. The monoisotopic (exact) mass is 102 g/mol. The van der Waals surface area contributed by atoms with E-state index in [4.69, 9.17) is 11.6 Å². The molecule has 0 aromatic carbocycles. The fourth-order valence-electron chi connectivity index (χ4n) is 0. The summed E-state index contributed by atoms with van der Waals surface area (Å²) in [5.41, 5.74) is 1.83. The molecule has 0 bridgehead atoms. The van der Waals surface area contributed by atoms with Crippen molar-refractivity contribution in [3.05, 3.63) is 12.3 Å². The molecule has 0 aliphatic carbocycles. The third-order valence-electron chi connectivity index (χ3n) is 0.287. The van der Waals surface area contributed by atoms with Crippen LogP contribution in [0.5, 0.6) is 0 Å². The minimum Gasteiger partial charge on any atom is -0.134 e. The standard InChI is InChI=1S/C3H6SSi/c1-3-5(2)4/h3H,1H2,2H3. The van der Waals surface area contributed by atoms with Crippen molar-refractivity contribution >= 4 is 19.1 Å². The Morgan fingerprint density at radius 3 is 2.20 bits per heavy atom. The highest BCUT2D eigenvalue weighted by Gasteiger charge is 1.67. The number of hydrogen-bond donors (Lipinski definition) is 0. The van der Waals surface area contributed by atoms with Gasteiger partial charge in [-0.25, -0.2) is 0 Å². The van der Waals surface area contributed by atoms with Gasteiger partial charge >= 0.3 is 0 Å². The molecule has 0 heterocycles. The SMILES string of the molecule is C=C[Si](C)=S. The first kappa shape index (κ1) is 5.18. The first-order valence-electron chi connectivity index (χ1n) is 1.40. The van der Waals surface area contributed by atoms with Crippen LogP contribution in [-0.4, -0.2) is 7.50 Å². The van der Waals surface area contributed by atoms with Gasteiger partial charge in [-0.15, -0.1) is 18.2 Å². The van der Waals surface area contributed by atoms with Gasteiger partial charge < -0.3 is 0 Å². The quantitative estimate of drug-likeness (QED) is 0.452. The zero-order chi connectivity index (χ0) is 4.28. The third kappa shape index (κ3) is 4.18. The minimum atomic E-state index is -0.527. The summed E-state index contributed by atoms with van der Waals surface area (Å²) >= 11 is 4.76. The predicted octanol–water partition coefficient (Wildman–Crippen LogP) is 1.53. The molecule has 0 amide bonds. The first-order valence-corrected chi connectivity index (χ1v) is 4.61. The molecule has 5 heavy (non-hydrogen) atoms. The molecule has 0 radical (unpaired) electrons. The fraction of sp³-hybridized carbons (Fsp3) is 0.333. The summed E-state index contributed by atoms with van der Waals surface area (Å²) in [7, 11) is -0.527. The molecule has 0 saturated carbocycles. The maximum atomic E-state index is 4.76. The van der Waals surface area contributed by atoms with Crippen LogP contribution in [0, 0.1) is 0 Å². The third-order valence-corrected chi connectivity index (χ3v) is 1.36. The van der Waals surface area contributed by atoms with Crippen LogP contribution >= 0.6 is 11.6 Å². The zero-order valence-electron chi connectivity index (χ0n) is 3.19. The molecule has 0 saturated heterocycles. The fourth-order valence-corrected chi connectivity index (χ4v) is 0. The molecule has 0 aromatic heterocycles. The number of rotatable bonds is 1. The zero-order valence-corrected chi connectivity index (χ0v) is 5.01. The molecule has 0 spiro atoms. The normalized spacial score (nSPS) is 6.60. The van der Waals surface area contributed by atoms with Gasteiger partial charge in [0.1, 0.15) is 7.50 Å². The summed E-state index contributed by atoms with van der Waals surface area (Å²) in [4.78, 5) is 0. The van der Waals surface area contributed by atoms with E-state index in [0.29, 0.717) is 0 Å². The Kier molecular flexibility index (Phi) is 2.50. The highest BCUT2D eigenvalue weighted by Crippen LogP contribution is 1.66. The lowest BCUT2D eigenvalue weighted by atomic mass is 11.3. The summed E-state index contributed by atoms with van der Waals surface area (Å²) in [6.45, 7) is 5.52. The van der Waals surface area contributed by atoms with Gasteiger partial charge in [0.2, 0.25) is 0 Å². The van der Waals surface area contributed by atoms with Gasteiger partial charge in [-0.1, -0.05) is 5.70 Å². The Morgan fingerprint density at radius 2 is 2.20 bits per heavy atom. The molecular weight excluding hydrogens is 96.2 g/mol. The second-order valence-electron chi connectivity index (χ2n) is 0.815. The smallest absolute Gasteiger partial charge is 0.117 e. The van der Waals surface area contributed by atoms with Gasteiger partial charge in [0.05, 0.1) is 0 Å². The van der Waals surface area contributed by atoms with Crippen LogP contribution < -0.4 is 0 Å². The van der Waals surface area contributed by atoms with Gasteiger partial charge in [0.15, 0.2) is 0 Å². The van der Waals surface area contributed by atoms with Crippen molar-refractivity contribution in [3.63, 3.8) is 0 Å². The van der Waals surface area contributed by atoms with E-state index >= 15 is 0 Å². The summed E-state index contributed by atoms with van der Waals surface area (Å²) in [6.07, 6.45) is 0. The van der Waals surface area contributed by atoms with Crippen molar-refractivity contribution in [2.45, 2.75) is 6.55 Å². The Morgan fingerprint density at radius 1 is 2.00 bits per heavy atom. The van der Waals surface area contributed by atoms with E-state index in [-0.39, 0.29) is 0 Å². The molecule has 0 aromatic rings. The average Bonchev–Trinajstić information content (AvgIpc) is 1.38. The average molecular weight is 102 g/mol. The molecule has 0 unspecified atom stereocenters. The van der Waals surface area contributed by atoms with Crippen molar-refractivity contribution in [1.29, 1.82) is 0 Å². The van der Waals surface area contributed by atoms with Crippen LogP contribution in [0.25, 0.3) is 0 Å². The van der Waals surface area contributed by atoms with Gasteiger partial charge in [0, 0.05) is 0 Å². The molecule has 0 aliphatic rings. The van der Waals surface area contributed by atoms with Crippen LogP contribution in [0.15, 0.2) is 12.3 Å². The van der Waals surface area contributed by atoms with Gasteiger partial charge in [0.25, 0.3) is 0 Å². The highest BCUT2D eigenvalue weighted by atomic mass is 32.2. The Hall–Kier alpha value is 0.177. The van der Waals surface area contributed by atoms with Crippen molar-refractivity contribution in [2.24, 2.45) is 0 Å². The van der Waals surface area contributed by atoms with E-state index in [2.05, 4.69) is 6.58 Å². The van der Waals surface area contributed by atoms with Gasteiger partial charge in [-0.3, -0.25) is 0 Å². The second kappa shape index (κ2) is 2.42. The lowest BCUT2D eigenvalue weighted by Crippen LogP contribution is -1.73. The lowest BCUT2D eigenvalue weighted by molar-refractivity contribution is 2.25. The Balaban J connectivity index is 3.20. The van der Waals surface area contributed by atoms with E-state index in [1.54, 1.807) is 0 Å². The van der Waals surface area contributed by atoms with E-state index in [0.717, 1.165) is 0 Å². The highest BCUT2D eigenvalue weighted by molar-refractivity contribution is 7.88. The van der Waals surface area contributed by atoms with Crippen LogP contribution in [0.2, 0.25) is 6.55 Å². The molecule has 0 rings (SSSR count). The molecule has 0 N–H and O–H groups in total. The molecule has 28 valence electrons. The minimum absolute atomic E-state index is 0.527. The maximum Gasteiger partial charge on any atom is 0.117 e. The van der Waals surface area contributed by atoms with Crippen molar-refractivity contribution < 1.29 is 0 Å². The Labute approximate surface area is 38.7 Å². The maximum absolute atomic E-state index is 4.76. The van der Waals surface area contributed by atoms with E-state index in [1.165, 1.54) is 0 Å². The van der Waals surface area contributed by atoms with Crippen LogP contribution in [0.3, 0.4) is 0 Å². The van der Waals surface area contributed by atoms with Crippen LogP contribution in [-0.2, 0) is 0 Å². The summed E-state index contributed by atoms with van der Waals surface area (Å²) < 4.78 is 0. The largest absolute Gasteiger partial charge is 0.134 e. The molecule has 0 fully saturated rings. The second-order valence-corrected chi connectivity index (χ2v) is 4.38. The van der Waals surface area contributed by atoms with Crippen LogP contribution in [0.1, 0.15) is 0 Å². The first-order chi connectivity index (χ1) is 2.27. The van der Waals surface area contributed by atoms with E-state index in [1.807, 2.05) is 12.2 Å². The topological polar surface area (TPSA) is 0 Å². The lowest BCUT2D eigenvalue weighted by Gasteiger charge is -1.64. The van der Waals surface area contributed by atoms with Gasteiger partial charge in [-0.2, -0.15) is 0 Å². The van der Waals surface area contributed by atoms with Gasteiger partial charge in [-0.05, 0) is 6.55 Å². The molecule has 0 atom stereocenters. The Bertz CT molecular complexity index is 57.9. The summed E-state index contributed by atoms with van der Waals surface area (Å²) in [6, 6.07) is 0. The predicted molar refractivity (Wildman–Crippen MR) is 29.4 cm³/mol. The summed E-state index contributed by atoms with van der Waals surface area (Å²) in [5.74, 6) is 0. The van der Waals surface area contributed by atoms with Crippen molar-refractivity contribution in [2.75, 3.05) is 0 Å². The van der Waals surface area contributed by atoms with E-state index < -0.39 is 7.50 Å². The number of hydrogen-bond acceptors (Lipinski definition) is 1. The van der Waals surface area contributed by atoms with Crippen molar-refractivity contribution in [3.8, 4) is 0 Å². The molecular formula is C3H6SSi. The molecule has 0 nitrogen and oxygen atoms in total. The molecule has 0 aliphatic heterocycles. The van der Waals surface area contributed by atoms with Crippen molar-refractivity contribution in [1.82, 2.24) is 0 Å². The van der Waals surface area contributed by atoms with Crippen LogP contribution in [0.4, 0.5) is 0 Å². The van der Waals surface area contributed by atoms with E-state index in [9.17, 15) is 0 Å². The summed E-state index contributed by atoms with van der Waals surface area (Å²) in [5, 5.41) is 0.